The molecular weight excluding hydrogens is 873 g/mol. The van der Waals surface area contributed by atoms with E-state index in [1.807, 2.05) is 42.5 Å². The first-order valence-electron chi connectivity index (χ1n) is 15.1. The van der Waals surface area contributed by atoms with Crippen molar-refractivity contribution >= 4 is 74.3 Å². The Labute approximate surface area is 312 Å². The summed E-state index contributed by atoms with van der Waals surface area (Å²) in [4.78, 5) is 33.7. The van der Waals surface area contributed by atoms with Crippen LogP contribution in [0.4, 0.5) is 4.39 Å². The third kappa shape index (κ3) is 7.31. The third-order valence-electron chi connectivity index (χ3n) is 7.72. The zero-order chi connectivity index (χ0) is 34.7. The van der Waals surface area contributed by atoms with Gasteiger partial charge in [0.1, 0.15) is 18.2 Å². The van der Waals surface area contributed by atoms with E-state index in [1.54, 1.807) is 50.4 Å². The van der Waals surface area contributed by atoms with Gasteiger partial charge in [0, 0.05) is 14.7 Å². The van der Waals surface area contributed by atoms with E-state index in [0.29, 0.717) is 49.0 Å². The quantitative estimate of drug-likeness (QED) is 0.112. The second-order valence-corrected chi connectivity index (χ2v) is 14.2. The number of carbonyl (C=O) groups is 1. The Balaban J connectivity index is 1.58. The number of nitrogens with zero attached hydrogens (tertiary/aromatic N) is 2. The third-order valence-corrected chi connectivity index (χ3v) is 10.1. The summed E-state index contributed by atoms with van der Waals surface area (Å²) in [7, 11) is 3.07. The summed E-state index contributed by atoms with van der Waals surface area (Å²) < 4.78 is 40.2. The van der Waals surface area contributed by atoms with Gasteiger partial charge in [0.05, 0.1) is 46.2 Å². The van der Waals surface area contributed by atoms with Crippen molar-refractivity contribution in [2.45, 2.75) is 19.6 Å². The van der Waals surface area contributed by atoms with Crippen LogP contribution in [0.2, 0.25) is 0 Å². The molecule has 6 rings (SSSR count). The first-order chi connectivity index (χ1) is 23.7. The van der Waals surface area contributed by atoms with Crippen LogP contribution >= 0.6 is 56.5 Å². The van der Waals surface area contributed by atoms with Gasteiger partial charge in [-0.15, -0.1) is 0 Å². The maximum Gasteiger partial charge on any atom is 0.338 e. The predicted molar refractivity (Wildman–Crippen MR) is 203 cm³/mol. The maximum atomic E-state index is 14.5. The first kappa shape index (κ1) is 34.8. The van der Waals surface area contributed by atoms with Crippen molar-refractivity contribution in [3.8, 4) is 17.2 Å². The summed E-state index contributed by atoms with van der Waals surface area (Å²) >= 11 is 5.66. The molecule has 49 heavy (non-hydrogen) atoms. The number of halogens is 3. The van der Waals surface area contributed by atoms with Crippen LogP contribution < -0.4 is 29.1 Å². The lowest BCUT2D eigenvalue weighted by molar-refractivity contribution is -0.138. The molecule has 0 fully saturated rings. The van der Waals surface area contributed by atoms with E-state index < -0.39 is 12.0 Å². The minimum Gasteiger partial charge on any atom is -0.493 e. The minimum absolute atomic E-state index is 0.138. The standard InChI is InChI=1S/C37H29FI2N2O6S/c1-4-47-36(44)31-32(22-8-6-5-7-9-22)41-37-42(33(31)23-12-15-28(45-2)29(17-23)46-3)35(43)30(49-37)18-24-16-26(39)19-27(40)34(24)48-20-21-10-13-25(38)14-11-21/h5-19,33H,4,20H2,1-3H3/b30-18-/t33-/m0/s1. The van der Waals surface area contributed by atoms with E-state index in [1.165, 1.54) is 35.1 Å². The molecule has 4 aromatic carbocycles. The zero-order valence-electron chi connectivity index (χ0n) is 26.5. The lowest BCUT2D eigenvalue weighted by Gasteiger charge is -2.26. The fourth-order valence-electron chi connectivity index (χ4n) is 5.50. The summed E-state index contributed by atoms with van der Waals surface area (Å²) in [5, 5.41) is 0. The highest BCUT2D eigenvalue weighted by Gasteiger charge is 2.35. The van der Waals surface area contributed by atoms with Crippen LogP contribution in [0.15, 0.2) is 100 Å². The number of thiazole rings is 1. The van der Waals surface area contributed by atoms with Crippen molar-refractivity contribution in [1.29, 1.82) is 0 Å². The minimum atomic E-state index is -0.891. The van der Waals surface area contributed by atoms with E-state index in [2.05, 4.69) is 45.2 Å². The molecule has 0 spiro atoms. The van der Waals surface area contributed by atoms with Gasteiger partial charge < -0.3 is 18.9 Å². The number of ether oxygens (including phenoxy) is 4. The molecule has 0 saturated heterocycles. The van der Waals surface area contributed by atoms with E-state index in [4.69, 9.17) is 23.9 Å². The highest BCUT2D eigenvalue weighted by molar-refractivity contribution is 14.1. The zero-order valence-corrected chi connectivity index (χ0v) is 31.7. The summed E-state index contributed by atoms with van der Waals surface area (Å²) in [6.07, 6.45) is 1.79. The van der Waals surface area contributed by atoms with Crippen LogP contribution in [-0.4, -0.2) is 31.4 Å². The van der Waals surface area contributed by atoms with Crippen molar-refractivity contribution in [3.05, 3.63) is 145 Å². The van der Waals surface area contributed by atoms with Gasteiger partial charge >= 0.3 is 5.97 Å². The fraction of sp³-hybridized carbons (Fsp3) is 0.162. The molecular formula is C37H29FI2N2O6S. The van der Waals surface area contributed by atoms with Crippen LogP contribution in [-0.2, 0) is 16.1 Å². The molecule has 0 radical (unpaired) electrons. The average Bonchev–Trinajstić information content (AvgIpc) is 3.41. The van der Waals surface area contributed by atoms with Crippen molar-refractivity contribution < 1.29 is 28.1 Å². The number of hydrogen-bond donors (Lipinski definition) is 0. The molecule has 1 aliphatic rings. The first-order valence-corrected chi connectivity index (χ1v) is 18.1. The molecule has 2 heterocycles. The molecule has 0 N–H and O–H groups in total. The Morgan fingerprint density at radius 1 is 0.980 bits per heavy atom. The Morgan fingerprint density at radius 3 is 2.41 bits per heavy atom. The number of hydrogen-bond acceptors (Lipinski definition) is 8. The molecule has 0 unspecified atom stereocenters. The Bertz CT molecular complexity index is 2250. The number of carbonyl (C=O) groups excluding carboxylic acids is 1. The smallest absolute Gasteiger partial charge is 0.338 e. The number of fused-ring (bicyclic) bond motifs is 1. The molecule has 0 bridgehead atoms. The number of benzene rings is 4. The molecule has 0 aliphatic carbocycles. The predicted octanol–water partition coefficient (Wildman–Crippen LogP) is 6.88. The summed E-state index contributed by atoms with van der Waals surface area (Å²) in [6.45, 7) is 2.08. The summed E-state index contributed by atoms with van der Waals surface area (Å²) in [5.41, 5.74) is 3.12. The highest BCUT2D eigenvalue weighted by Crippen LogP contribution is 2.38. The van der Waals surface area contributed by atoms with Crippen LogP contribution in [0.5, 0.6) is 17.2 Å². The molecule has 0 saturated carbocycles. The second kappa shape index (κ2) is 15.3. The molecule has 1 atom stereocenters. The molecule has 250 valence electrons. The van der Waals surface area contributed by atoms with Crippen molar-refractivity contribution in [1.82, 2.24) is 4.57 Å². The van der Waals surface area contributed by atoms with Gasteiger partial charge in [0.25, 0.3) is 5.56 Å². The van der Waals surface area contributed by atoms with Gasteiger partial charge in [-0.25, -0.2) is 14.2 Å². The van der Waals surface area contributed by atoms with Crippen LogP contribution in [0.1, 0.15) is 35.2 Å². The van der Waals surface area contributed by atoms with Crippen molar-refractivity contribution in [3.63, 3.8) is 0 Å². The summed E-state index contributed by atoms with van der Waals surface area (Å²) in [5.74, 6) is 0.634. The Morgan fingerprint density at radius 2 is 1.71 bits per heavy atom. The monoisotopic (exact) mass is 902 g/mol. The van der Waals surface area contributed by atoms with E-state index in [-0.39, 0.29) is 30.2 Å². The van der Waals surface area contributed by atoms with Crippen LogP contribution in [0.25, 0.3) is 11.8 Å². The molecule has 1 aromatic heterocycles. The molecule has 12 heteroatoms. The Hall–Kier alpha value is -4.02. The maximum absolute atomic E-state index is 14.5. The molecule has 8 nitrogen and oxygen atoms in total. The van der Waals surface area contributed by atoms with Gasteiger partial charge in [0.15, 0.2) is 16.3 Å². The topological polar surface area (TPSA) is 88.4 Å². The van der Waals surface area contributed by atoms with Gasteiger partial charge in [-0.1, -0.05) is 59.9 Å². The number of aromatic nitrogens is 1. The highest BCUT2D eigenvalue weighted by atomic mass is 127. The summed E-state index contributed by atoms with van der Waals surface area (Å²) in [6, 6.07) is 23.8. The largest absolute Gasteiger partial charge is 0.493 e. The normalized spacial score (nSPS) is 14.2. The Kier molecular flexibility index (Phi) is 10.8. The number of rotatable bonds is 10. The van der Waals surface area contributed by atoms with Crippen molar-refractivity contribution in [2.75, 3.05) is 20.8 Å². The van der Waals surface area contributed by atoms with Gasteiger partial charge in [-0.3, -0.25) is 9.36 Å². The van der Waals surface area contributed by atoms with E-state index in [9.17, 15) is 14.0 Å². The number of methoxy groups -OCH3 is 2. The van der Waals surface area contributed by atoms with Gasteiger partial charge in [-0.2, -0.15) is 0 Å². The van der Waals surface area contributed by atoms with Gasteiger partial charge in [-0.05, 0) is 106 Å². The average molecular weight is 903 g/mol. The van der Waals surface area contributed by atoms with E-state index >= 15 is 0 Å². The molecule has 5 aromatic rings. The second-order valence-electron chi connectivity index (χ2n) is 10.8. The van der Waals surface area contributed by atoms with E-state index in [0.717, 1.165) is 12.7 Å². The molecule has 0 amide bonds. The van der Waals surface area contributed by atoms with Gasteiger partial charge in [0.2, 0.25) is 0 Å². The van der Waals surface area contributed by atoms with Crippen LogP contribution in [0, 0.1) is 13.0 Å². The fourth-order valence-corrected chi connectivity index (χ4v) is 8.53. The lowest BCUT2D eigenvalue weighted by atomic mass is 9.93. The van der Waals surface area contributed by atoms with Crippen LogP contribution in [0.3, 0.4) is 0 Å². The number of esters is 1. The lowest BCUT2D eigenvalue weighted by Crippen LogP contribution is -2.40. The molecule has 1 aliphatic heterocycles. The SMILES string of the molecule is CCOC(=O)C1=C(c2ccccc2)N=c2s/c(=C\c3cc(I)cc(I)c3OCc3ccc(F)cc3)c(=O)n2[C@H]1c1ccc(OC)c(OC)c1. The van der Waals surface area contributed by atoms with Crippen molar-refractivity contribution in [2.24, 2.45) is 4.99 Å².